The molecule has 2 heterocycles. The lowest BCUT2D eigenvalue weighted by Gasteiger charge is -2.30. The monoisotopic (exact) mass is 478 g/mol. The highest BCUT2D eigenvalue weighted by atomic mass is 35.5. The first-order valence-electron chi connectivity index (χ1n) is 9.92. The molecule has 164 valence electrons. The van der Waals surface area contributed by atoms with Crippen molar-refractivity contribution in [1.82, 2.24) is 14.2 Å². The molecule has 0 radical (unpaired) electrons. The lowest BCUT2D eigenvalue weighted by atomic mass is 10.1. The normalized spacial score (nSPS) is 16.2. The highest BCUT2D eigenvalue weighted by molar-refractivity contribution is 7.89. The van der Waals surface area contributed by atoms with Crippen molar-refractivity contribution < 1.29 is 13.2 Å². The van der Waals surface area contributed by atoms with Gasteiger partial charge in [-0.2, -0.15) is 0 Å². The minimum atomic E-state index is -3.80. The molecule has 4 rings (SSSR count). The number of hydrogen-bond acceptors (Lipinski definition) is 5. The molecular formula is C21H23ClN4O3S2. The Morgan fingerprint density at radius 1 is 1.19 bits per heavy atom. The molecule has 0 spiro atoms. The molecule has 10 heteroatoms. The van der Waals surface area contributed by atoms with E-state index in [1.807, 2.05) is 23.2 Å². The van der Waals surface area contributed by atoms with Crippen LogP contribution in [0.3, 0.4) is 0 Å². The number of hydrogen-bond donors (Lipinski definition) is 1. The molecule has 1 aliphatic heterocycles. The van der Waals surface area contributed by atoms with Gasteiger partial charge in [-0.15, -0.1) is 11.3 Å². The Bertz CT molecular complexity index is 1280. The third kappa shape index (κ3) is 5.17. The van der Waals surface area contributed by atoms with E-state index in [-0.39, 0.29) is 23.4 Å². The SMILES string of the molecule is Cn1ccs/c1=N\C1CCN(C(=O)CNS(=O)(=O)c2ccc3cc(Cl)ccc3c2)CC1. The van der Waals surface area contributed by atoms with Crippen LogP contribution < -0.4 is 9.52 Å². The molecule has 31 heavy (non-hydrogen) atoms. The topological polar surface area (TPSA) is 83.8 Å². The fourth-order valence-electron chi connectivity index (χ4n) is 3.57. The van der Waals surface area contributed by atoms with Gasteiger partial charge in [0.2, 0.25) is 15.9 Å². The molecule has 7 nitrogen and oxygen atoms in total. The molecule has 1 amide bonds. The van der Waals surface area contributed by atoms with Gasteiger partial charge in [0.15, 0.2) is 4.80 Å². The van der Waals surface area contributed by atoms with E-state index in [9.17, 15) is 13.2 Å². The van der Waals surface area contributed by atoms with Crippen molar-refractivity contribution in [3.8, 4) is 0 Å². The van der Waals surface area contributed by atoms with Gasteiger partial charge in [-0.05, 0) is 47.9 Å². The highest BCUT2D eigenvalue weighted by Gasteiger charge is 2.24. The van der Waals surface area contributed by atoms with Gasteiger partial charge in [0.1, 0.15) is 0 Å². The number of aromatic nitrogens is 1. The van der Waals surface area contributed by atoms with E-state index in [0.717, 1.165) is 28.4 Å². The van der Waals surface area contributed by atoms with Gasteiger partial charge >= 0.3 is 0 Å². The largest absolute Gasteiger partial charge is 0.341 e. The lowest BCUT2D eigenvalue weighted by molar-refractivity contribution is -0.130. The molecule has 3 aromatic rings. The van der Waals surface area contributed by atoms with Crippen LogP contribution in [0.15, 0.2) is 57.9 Å². The summed E-state index contributed by atoms with van der Waals surface area (Å²) in [5, 5.41) is 4.21. The van der Waals surface area contributed by atoms with Crippen LogP contribution in [0.1, 0.15) is 12.8 Å². The van der Waals surface area contributed by atoms with E-state index in [1.54, 1.807) is 46.6 Å². The number of benzene rings is 2. The predicted molar refractivity (Wildman–Crippen MR) is 123 cm³/mol. The average Bonchev–Trinajstić information content (AvgIpc) is 3.16. The number of piperidine rings is 1. The number of sulfonamides is 1. The zero-order valence-corrected chi connectivity index (χ0v) is 19.4. The van der Waals surface area contributed by atoms with Gasteiger partial charge < -0.3 is 9.47 Å². The lowest BCUT2D eigenvalue weighted by Crippen LogP contribution is -2.45. The van der Waals surface area contributed by atoms with Crippen LogP contribution in [0, 0.1) is 0 Å². The first-order valence-corrected chi connectivity index (χ1v) is 12.7. The van der Waals surface area contributed by atoms with Crippen molar-refractivity contribution in [2.75, 3.05) is 19.6 Å². The summed E-state index contributed by atoms with van der Waals surface area (Å²) in [4.78, 5) is 20.1. The first-order chi connectivity index (χ1) is 14.8. The van der Waals surface area contributed by atoms with E-state index in [0.29, 0.717) is 18.1 Å². The number of aryl methyl sites for hydroxylation is 1. The summed E-state index contributed by atoms with van der Waals surface area (Å²) in [5.74, 6) is -0.226. The van der Waals surface area contributed by atoms with Crippen LogP contribution in [0.5, 0.6) is 0 Å². The molecular weight excluding hydrogens is 456 g/mol. The Hall–Kier alpha value is -2.20. The Kier molecular flexibility index (Phi) is 6.47. The van der Waals surface area contributed by atoms with Crippen LogP contribution in [0.25, 0.3) is 10.8 Å². The quantitative estimate of drug-likeness (QED) is 0.612. The molecule has 2 aromatic carbocycles. The Morgan fingerprint density at radius 2 is 1.90 bits per heavy atom. The summed E-state index contributed by atoms with van der Waals surface area (Å²) in [6, 6.07) is 10.2. The molecule has 1 aromatic heterocycles. The van der Waals surface area contributed by atoms with Crippen molar-refractivity contribution >= 4 is 49.6 Å². The number of amides is 1. The Labute approximate surface area is 190 Å². The van der Waals surface area contributed by atoms with Crippen LogP contribution in [0.2, 0.25) is 5.02 Å². The molecule has 1 fully saturated rings. The number of carbonyl (C=O) groups excluding carboxylic acids is 1. The molecule has 0 bridgehead atoms. The maximum absolute atomic E-state index is 12.7. The predicted octanol–water partition coefficient (Wildman–Crippen LogP) is 2.76. The zero-order chi connectivity index (χ0) is 22.0. The maximum atomic E-state index is 12.7. The second-order valence-corrected chi connectivity index (χ2v) is 10.6. The van der Waals surface area contributed by atoms with E-state index < -0.39 is 10.0 Å². The van der Waals surface area contributed by atoms with Crippen molar-refractivity contribution in [3.63, 3.8) is 0 Å². The summed E-state index contributed by atoms with van der Waals surface area (Å²) in [6.07, 6.45) is 3.51. The number of nitrogens with one attached hydrogen (secondary N) is 1. The minimum absolute atomic E-state index is 0.122. The molecule has 1 aliphatic rings. The van der Waals surface area contributed by atoms with Gasteiger partial charge in [0.05, 0.1) is 17.5 Å². The second-order valence-electron chi connectivity index (χ2n) is 7.52. The van der Waals surface area contributed by atoms with Crippen LogP contribution >= 0.6 is 22.9 Å². The number of carbonyl (C=O) groups is 1. The fourth-order valence-corrected chi connectivity index (χ4v) is 5.56. The van der Waals surface area contributed by atoms with E-state index in [1.165, 1.54) is 6.07 Å². The summed E-state index contributed by atoms with van der Waals surface area (Å²) in [5.41, 5.74) is 0. The summed E-state index contributed by atoms with van der Waals surface area (Å²) in [7, 11) is -1.83. The van der Waals surface area contributed by atoms with Crippen LogP contribution in [-0.4, -0.2) is 49.5 Å². The Balaban J connectivity index is 1.35. The zero-order valence-electron chi connectivity index (χ0n) is 17.0. The number of nitrogens with zero attached hydrogens (tertiary/aromatic N) is 3. The third-order valence-corrected chi connectivity index (χ3v) is 7.86. The van der Waals surface area contributed by atoms with Gasteiger partial charge in [0.25, 0.3) is 0 Å². The van der Waals surface area contributed by atoms with Crippen molar-refractivity contribution in [2.45, 2.75) is 23.8 Å². The van der Waals surface area contributed by atoms with Crippen molar-refractivity contribution in [2.24, 2.45) is 12.0 Å². The first kappa shape index (κ1) is 22.0. The van der Waals surface area contributed by atoms with Crippen molar-refractivity contribution in [3.05, 3.63) is 57.8 Å². The molecule has 1 saturated heterocycles. The average molecular weight is 479 g/mol. The van der Waals surface area contributed by atoms with Gasteiger partial charge in [0, 0.05) is 36.7 Å². The van der Waals surface area contributed by atoms with Crippen molar-refractivity contribution in [1.29, 1.82) is 0 Å². The molecule has 1 N–H and O–H groups in total. The third-order valence-electron chi connectivity index (χ3n) is 5.37. The molecule has 0 aliphatic carbocycles. The fraction of sp³-hybridized carbons (Fsp3) is 0.333. The highest BCUT2D eigenvalue weighted by Crippen LogP contribution is 2.22. The van der Waals surface area contributed by atoms with Gasteiger partial charge in [-0.3, -0.25) is 9.79 Å². The van der Waals surface area contributed by atoms with Crippen LogP contribution in [-0.2, 0) is 21.9 Å². The summed E-state index contributed by atoms with van der Waals surface area (Å²) < 4.78 is 29.8. The standard InChI is InChI=1S/C21H23ClN4O3S2/c1-25-10-11-30-21(25)24-18-6-8-26(9-7-18)20(27)14-23-31(28,29)19-5-3-15-12-17(22)4-2-16(15)13-19/h2-5,10-13,18,23H,6-9,14H2,1H3/b24-21-. The maximum Gasteiger partial charge on any atom is 0.241 e. The number of fused-ring (bicyclic) bond motifs is 1. The minimum Gasteiger partial charge on any atom is -0.341 e. The van der Waals surface area contributed by atoms with E-state index >= 15 is 0 Å². The van der Waals surface area contributed by atoms with Crippen LogP contribution in [0.4, 0.5) is 0 Å². The smallest absolute Gasteiger partial charge is 0.241 e. The number of thiazole rings is 1. The molecule has 0 saturated carbocycles. The second kappa shape index (κ2) is 9.12. The van der Waals surface area contributed by atoms with E-state index in [2.05, 4.69) is 4.72 Å². The molecule has 0 unspecified atom stereocenters. The number of halogens is 1. The summed E-state index contributed by atoms with van der Waals surface area (Å²) in [6.45, 7) is 0.879. The summed E-state index contributed by atoms with van der Waals surface area (Å²) >= 11 is 7.57. The van der Waals surface area contributed by atoms with Gasteiger partial charge in [-0.1, -0.05) is 23.7 Å². The number of likely N-dealkylation sites (tertiary alicyclic amines) is 1. The Morgan fingerprint density at radius 3 is 2.61 bits per heavy atom. The number of rotatable bonds is 5. The van der Waals surface area contributed by atoms with Gasteiger partial charge in [-0.25, -0.2) is 13.1 Å². The van der Waals surface area contributed by atoms with E-state index in [4.69, 9.17) is 16.6 Å². The molecule has 0 atom stereocenters.